The van der Waals surface area contributed by atoms with E-state index >= 15 is 0 Å². The summed E-state index contributed by atoms with van der Waals surface area (Å²) >= 11 is 0. The van der Waals surface area contributed by atoms with Crippen molar-refractivity contribution in [2.45, 2.75) is 25.6 Å². The van der Waals surface area contributed by atoms with Crippen LogP contribution in [0.3, 0.4) is 0 Å². The molecular weight excluding hydrogens is 223 g/mol. The highest BCUT2D eigenvalue weighted by atomic mass is 19.1. The predicted molar refractivity (Wildman–Crippen MR) is 60.7 cm³/mol. The molecule has 1 aromatic rings. The van der Waals surface area contributed by atoms with E-state index in [1.807, 2.05) is 0 Å². The first kappa shape index (κ1) is 11.9. The van der Waals surface area contributed by atoms with Crippen LogP contribution in [0, 0.1) is 5.82 Å². The SMILES string of the molecule is O=C(NCc1cccc(F)c1)NC1CCCO1. The minimum atomic E-state index is -0.302. The molecular formula is C12H15FN2O2. The zero-order valence-electron chi connectivity index (χ0n) is 9.41. The second-order valence-electron chi connectivity index (χ2n) is 3.96. The molecule has 1 aliphatic heterocycles. The lowest BCUT2D eigenvalue weighted by atomic mass is 10.2. The summed E-state index contributed by atoms with van der Waals surface area (Å²) in [5, 5.41) is 5.35. The standard InChI is InChI=1S/C12H15FN2O2/c13-10-4-1-3-9(7-10)8-14-12(16)15-11-5-2-6-17-11/h1,3-4,7,11H,2,5-6,8H2,(H2,14,15,16). The lowest BCUT2D eigenvalue weighted by molar-refractivity contribution is 0.0907. The molecule has 2 amide bonds. The summed E-state index contributed by atoms with van der Waals surface area (Å²) in [5.74, 6) is -0.302. The average Bonchev–Trinajstić information content (AvgIpc) is 2.79. The number of amides is 2. The molecule has 5 heteroatoms. The molecule has 2 N–H and O–H groups in total. The van der Waals surface area contributed by atoms with E-state index in [-0.39, 0.29) is 18.1 Å². The summed E-state index contributed by atoms with van der Waals surface area (Å²) in [6.07, 6.45) is 1.62. The number of nitrogens with one attached hydrogen (secondary N) is 2. The third kappa shape index (κ3) is 3.71. The van der Waals surface area contributed by atoms with E-state index in [2.05, 4.69) is 10.6 Å². The van der Waals surface area contributed by atoms with Gasteiger partial charge in [0.15, 0.2) is 0 Å². The van der Waals surface area contributed by atoms with Gasteiger partial charge in [-0.3, -0.25) is 0 Å². The highest BCUT2D eigenvalue weighted by Crippen LogP contribution is 2.08. The first-order valence-electron chi connectivity index (χ1n) is 5.64. The van der Waals surface area contributed by atoms with Gasteiger partial charge in [-0.1, -0.05) is 12.1 Å². The van der Waals surface area contributed by atoms with Gasteiger partial charge in [-0.2, -0.15) is 0 Å². The van der Waals surface area contributed by atoms with Crippen LogP contribution in [-0.4, -0.2) is 18.9 Å². The van der Waals surface area contributed by atoms with Crippen molar-refractivity contribution < 1.29 is 13.9 Å². The van der Waals surface area contributed by atoms with Gasteiger partial charge in [-0.05, 0) is 30.5 Å². The summed E-state index contributed by atoms with van der Waals surface area (Å²) in [6.45, 7) is 0.991. The van der Waals surface area contributed by atoms with Crippen LogP contribution in [0.1, 0.15) is 18.4 Å². The number of carbonyl (C=O) groups is 1. The maximum absolute atomic E-state index is 12.9. The Morgan fingerprint density at radius 3 is 3.12 bits per heavy atom. The van der Waals surface area contributed by atoms with E-state index < -0.39 is 0 Å². The summed E-state index contributed by atoms with van der Waals surface area (Å²) < 4.78 is 18.1. The Morgan fingerprint density at radius 1 is 1.53 bits per heavy atom. The van der Waals surface area contributed by atoms with Gasteiger partial charge < -0.3 is 15.4 Å². The highest BCUT2D eigenvalue weighted by Gasteiger charge is 2.17. The Balaban J connectivity index is 1.75. The Hall–Kier alpha value is -1.62. The van der Waals surface area contributed by atoms with E-state index in [0.717, 1.165) is 18.4 Å². The molecule has 0 saturated carbocycles. The Kier molecular flexibility index (Phi) is 3.93. The van der Waals surface area contributed by atoms with Crippen molar-refractivity contribution in [1.29, 1.82) is 0 Å². The number of rotatable bonds is 3. The molecule has 1 saturated heterocycles. The van der Waals surface area contributed by atoms with Crippen LogP contribution in [-0.2, 0) is 11.3 Å². The molecule has 1 aromatic carbocycles. The quantitative estimate of drug-likeness (QED) is 0.843. The monoisotopic (exact) mass is 238 g/mol. The first-order valence-corrected chi connectivity index (χ1v) is 5.64. The molecule has 92 valence electrons. The molecule has 1 aliphatic rings. The van der Waals surface area contributed by atoms with Gasteiger partial charge in [0.2, 0.25) is 0 Å². The summed E-state index contributed by atoms with van der Waals surface area (Å²) in [5.41, 5.74) is 0.729. The van der Waals surface area contributed by atoms with Gasteiger partial charge in [-0.15, -0.1) is 0 Å². The zero-order valence-corrected chi connectivity index (χ0v) is 9.41. The molecule has 4 nitrogen and oxygen atoms in total. The normalized spacial score (nSPS) is 19.0. The number of urea groups is 1. The van der Waals surface area contributed by atoms with Gasteiger partial charge in [0.25, 0.3) is 0 Å². The number of carbonyl (C=O) groups excluding carboxylic acids is 1. The van der Waals surface area contributed by atoms with E-state index in [1.165, 1.54) is 12.1 Å². The van der Waals surface area contributed by atoms with Crippen LogP contribution in [0.5, 0.6) is 0 Å². The number of hydrogen-bond donors (Lipinski definition) is 2. The highest BCUT2D eigenvalue weighted by molar-refractivity contribution is 5.74. The van der Waals surface area contributed by atoms with Gasteiger partial charge >= 0.3 is 6.03 Å². The lowest BCUT2D eigenvalue weighted by Crippen LogP contribution is -2.41. The van der Waals surface area contributed by atoms with Crippen molar-refractivity contribution in [3.05, 3.63) is 35.6 Å². The number of benzene rings is 1. The maximum atomic E-state index is 12.9. The molecule has 1 unspecified atom stereocenters. The van der Waals surface area contributed by atoms with Gasteiger partial charge in [0.05, 0.1) is 0 Å². The molecule has 1 heterocycles. The number of halogens is 1. The van der Waals surface area contributed by atoms with Crippen molar-refractivity contribution in [1.82, 2.24) is 10.6 Å². The Morgan fingerprint density at radius 2 is 2.41 bits per heavy atom. The first-order chi connectivity index (χ1) is 8.24. The molecule has 0 aliphatic carbocycles. The largest absolute Gasteiger partial charge is 0.358 e. The second-order valence-corrected chi connectivity index (χ2v) is 3.96. The topological polar surface area (TPSA) is 50.4 Å². The second kappa shape index (κ2) is 5.63. The fourth-order valence-corrected chi connectivity index (χ4v) is 1.72. The van der Waals surface area contributed by atoms with Crippen molar-refractivity contribution in [2.24, 2.45) is 0 Å². The van der Waals surface area contributed by atoms with Gasteiger partial charge in [0.1, 0.15) is 12.0 Å². The Labute approximate surface area is 99.2 Å². The van der Waals surface area contributed by atoms with E-state index in [9.17, 15) is 9.18 Å². The smallest absolute Gasteiger partial charge is 0.317 e. The fraction of sp³-hybridized carbons (Fsp3) is 0.417. The Bertz CT molecular complexity index is 392. The van der Waals surface area contributed by atoms with Crippen molar-refractivity contribution in [2.75, 3.05) is 6.61 Å². The summed E-state index contributed by atoms with van der Waals surface area (Å²) in [6, 6.07) is 5.85. The summed E-state index contributed by atoms with van der Waals surface area (Å²) in [4.78, 5) is 11.5. The number of hydrogen-bond acceptors (Lipinski definition) is 2. The molecule has 0 spiro atoms. The van der Waals surface area contributed by atoms with Crippen LogP contribution in [0.15, 0.2) is 24.3 Å². The van der Waals surface area contributed by atoms with Crippen LogP contribution in [0.4, 0.5) is 9.18 Å². The minimum Gasteiger partial charge on any atom is -0.358 e. The van der Waals surface area contributed by atoms with Crippen LogP contribution in [0.2, 0.25) is 0 Å². The molecule has 1 fully saturated rings. The van der Waals surface area contributed by atoms with Crippen molar-refractivity contribution in [3.8, 4) is 0 Å². The van der Waals surface area contributed by atoms with Crippen molar-refractivity contribution in [3.63, 3.8) is 0 Å². The lowest BCUT2D eigenvalue weighted by Gasteiger charge is -2.12. The minimum absolute atomic E-state index is 0.192. The molecule has 0 aromatic heterocycles. The third-order valence-electron chi connectivity index (χ3n) is 2.56. The summed E-state index contributed by atoms with van der Waals surface area (Å²) in [7, 11) is 0. The van der Waals surface area contributed by atoms with E-state index in [4.69, 9.17) is 4.74 Å². The molecule has 0 bridgehead atoms. The van der Waals surface area contributed by atoms with Crippen LogP contribution >= 0.6 is 0 Å². The fourth-order valence-electron chi connectivity index (χ4n) is 1.72. The maximum Gasteiger partial charge on any atom is 0.317 e. The van der Waals surface area contributed by atoms with Crippen molar-refractivity contribution >= 4 is 6.03 Å². The predicted octanol–water partition coefficient (Wildman–Crippen LogP) is 1.76. The van der Waals surface area contributed by atoms with Gasteiger partial charge in [0, 0.05) is 13.2 Å². The molecule has 1 atom stereocenters. The van der Waals surface area contributed by atoms with Crippen LogP contribution < -0.4 is 10.6 Å². The van der Waals surface area contributed by atoms with E-state index in [1.54, 1.807) is 12.1 Å². The average molecular weight is 238 g/mol. The number of ether oxygens (including phenoxy) is 1. The molecule has 2 rings (SSSR count). The molecule has 17 heavy (non-hydrogen) atoms. The van der Waals surface area contributed by atoms with Gasteiger partial charge in [-0.25, -0.2) is 9.18 Å². The van der Waals surface area contributed by atoms with E-state index in [0.29, 0.717) is 13.2 Å². The van der Waals surface area contributed by atoms with Crippen LogP contribution in [0.25, 0.3) is 0 Å². The molecule has 0 radical (unpaired) electrons. The third-order valence-corrected chi connectivity index (χ3v) is 2.56. The zero-order chi connectivity index (χ0) is 12.1.